The van der Waals surface area contributed by atoms with Gasteiger partial charge in [0.2, 0.25) is 0 Å². The Morgan fingerprint density at radius 1 is 1.00 bits per heavy atom. The van der Waals surface area contributed by atoms with Gasteiger partial charge in [0, 0.05) is 16.9 Å². The molecular weight excluding hydrogens is 244 g/mol. The Labute approximate surface area is 120 Å². The van der Waals surface area contributed by atoms with Crippen molar-refractivity contribution < 1.29 is 4.79 Å². The standard InChI is InChI=1S/C19H20O/c1-3-16-17(18(20)14-10-6-4-7-11-14)19(16,2)15-12-8-5-9-13-15/h4-13,16-17H,3H2,1-2H3/t16-,17-,19?/m0/s1. The van der Waals surface area contributed by atoms with Crippen molar-refractivity contribution in [3.05, 3.63) is 71.8 Å². The third-order valence-corrected chi connectivity index (χ3v) is 4.89. The van der Waals surface area contributed by atoms with Gasteiger partial charge in [-0.2, -0.15) is 0 Å². The molecule has 0 radical (unpaired) electrons. The third-order valence-electron chi connectivity index (χ3n) is 4.89. The minimum absolute atomic E-state index is 0.00291. The fourth-order valence-corrected chi connectivity index (χ4v) is 3.69. The quantitative estimate of drug-likeness (QED) is 0.744. The summed E-state index contributed by atoms with van der Waals surface area (Å²) in [4.78, 5) is 12.8. The Hall–Kier alpha value is -1.89. The van der Waals surface area contributed by atoms with Crippen molar-refractivity contribution in [2.45, 2.75) is 25.7 Å². The summed E-state index contributed by atoms with van der Waals surface area (Å²) in [6.45, 7) is 4.42. The molecule has 1 aliphatic carbocycles. The molecule has 1 saturated carbocycles. The molecule has 0 bridgehead atoms. The van der Waals surface area contributed by atoms with Crippen LogP contribution in [0.2, 0.25) is 0 Å². The van der Waals surface area contributed by atoms with Crippen LogP contribution in [-0.2, 0) is 5.41 Å². The van der Waals surface area contributed by atoms with Crippen LogP contribution in [0, 0.1) is 11.8 Å². The fourth-order valence-electron chi connectivity index (χ4n) is 3.69. The number of rotatable bonds is 4. The van der Waals surface area contributed by atoms with E-state index < -0.39 is 0 Å². The zero-order valence-corrected chi connectivity index (χ0v) is 12.0. The van der Waals surface area contributed by atoms with Crippen LogP contribution in [0.3, 0.4) is 0 Å². The van der Waals surface area contributed by atoms with Crippen LogP contribution in [0.25, 0.3) is 0 Å². The zero-order chi connectivity index (χ0) is 14.2. The van der Waals surface area contributed by atoms with E-state index in [1.807, 2.05) is 36.4 Å². The monoisotopic (exact) mass is 264 g/mol. The molecule has 0 amide bonds. The largest absolute Gasteiger partial charge is 0.294 e. The number of carbonyl (C=O) groups excluding carboxylic acids is 1. The van der Waals surface area contributed by atoms with Gasteiger partial charge < -0.3 is 0 Å². The lowest BCUT2D eigenvalue weighted by molar-refractivity contribution is 0.0954. The second-order valence-corrected chi connectivity index (χ2v) is 5.87. The van der Waals surface area contributed by atoms with E-state index in [4.69, 9.17) is 0 Å². The first-order chi connectivity index (χ1) is 9.69. The zero-order valence-electron chi connectivity index (χ0n) is 12.0. The minimum atomic E-state index is 0.00291. The van der Waals surface area contributed by atoms with E-state index in [2.05, 4.69) is 38.1 Å². The van der Waals surface area contributed by atoms with Crippen molar-refractivity contribution in [1.29, 1.82) is 0 Å². The maximum Gasteiger partial charge on any atom is 0.167 e. The highest BCUT2D eigenvalue weighted by Crippen LogP contribution is 2.62. The van der Waals surface area contributed by atoms with E-state index in [0.717, 1.165) is 12.0 Å². The van der Waals surface area contributed by atoms with Crippen molar-refractivity contribution in [2.24, 2.45) is 11.8 Å². The summed E-state index contributed by atoms with van der Waals surface area (Å²) >= 11 is 0. The van der Waals surface area contributed by atoms with Crippen molar-refractivity contribution in [3.63, 3.8) is 0 Å². The van der Waals surface area contributed by atoms with E-state index >= 15 is 0 Å². The molecule has 0 N–H and O–H groups in total. The van der Waals surface area contributed by atoms with E-state index in [9.17, 15) is 4.79 Å². The number of benzene rings is 2. The average Bonchev–Trinajstić information content (AvgIpc) is 3.14. The summed E-state index contributed by atoms with van der Waals surface area (Å²) in [5.74, 6) is 0.874. The Balaban J connectivity index is 1.93. The molecule has 0 aliphatic heterocycles. The van der Waals surface area contributed by atoms with Gasteiger partial charge in [0.15, 0.2) is 5.78 Å². The van der Waals surface area contributed by atoms with Gasteiger partial charge >= 0.3 is 0 Å². The molecule has 1 unspecified atom stereocenters. The molecule has 1 nitrogen and oxygen atoms in total. The molecule has 0 spiro atoms. The number of ketones is 1. The molecule has 0 heterocycles. The first-order valence-electron chi connectivity index (χ1n) is 7.34. The molecule has 1 aliphatic rings. The van der Waals surface area contributed by atoms with Crippen LogP contribution >= 0.6 is 0 Å². The topological polar surface area (TPSA) is 17.1 Å². The molecule has 0 aromatic heterocycles. The smallest absolute Gasteiger partial charge is 0.167 e. The Bertz CT molecular complexity index is 602. The van der Waals surface area contributed by atoms with Gasteiger partial charge in [-0.25, -0.2) is 0 Å². The SMILES string of the molecule is CC[C@H]1[C@@H](C(=O)c2ccccc2)C1(C)c1ccccc1. The summed E-state index contributed by atoms with van der Waals surface area (Å²) in [7, 11) is 0. The lowest BCUT2D eigenvalue weighted by Crippen LogP contribution is -2.12. The number of hydrogen-bond donors (Lipinski definition) is 0. The van der Waals surface area contributed by atoms with E-state index in [1.54, 1.807) is 0 Å². The van der Waals surface area contributed by atoms with Crippen LogP contribution in [0.15, 0.2) is 60.7 Å². The van der Waals surface area contributed by atoms with Gasteiger partial charge in [0.05, 0.1) is 0 Å². The first-order valence-corrected chi connectivity index (χ1v) is 7.34. The van der Waals surface area contributed by atoms with Crippen LogP contribution in [-0.4, -0.2) is 5.78 Å². The Morgan fingerprint density at radius 2 is 1.55 bits per heavy atom. The van der Waals surface area contributed by atoms with Gasteiger partial charge in [-0.05, 0) is 11.5 Å². The number of hydrogen-bond acceptors (Lipinski definition) is 1. The Morgan fingerprint density at radius 3 is 2.10 bits per heavy atom. The van der Waals surface area contributed by atoms with E-state index in [0.29, 0.717) is 11.7 Å². The van der Waals surface area contributed by atoms with Gasteiger partial charge in [-0.3, -0.25) is 4.79 Å². The fraction of sp³-hybridized carbons (Fsp3) is 0.316. The molecule has 2 aromatic rings. The highest BCUT2D eigenvalue weighted by molar-refractivity contribution is 6.01. The normalized spacial score (nSPS) is 28.1. The molecule has 1 fully saturated rings. The summed E-state index contributed by atoms with van der Waals surface area (Å²) < 4.78 is 0. The second kappa shape index (κ2) is 4.90. The summed E-state index contributed by atoms with van der Waals surface area (Å²) in [5.41, 5.74) is 2.14. The number of Topliss-reactive ketones (excluding diaryl/α,β-unsaturated/α-hetero) is 1. The van der Waals surface area contributed by atoms with Gasteiger partial charge in [-0.1, -0.05) is 80.9 Å². The first kappa shape index (κ1) is 13.1. The van der Waals surface area contributed by atoms with Crippen LogP contribution in [0.4, 0.5) is 0 Å². The minimum Gasteiger partial charge on any atom is -0.294 e. The molecule has 1 heteroatoms. The molecule has 3 atom stereocenters. The summed E-state index contributed by atoms with van der Waals surface area (Å²) in [6, 6.07) is 20.2. The van der Waals surface area contributed by atoms with Gasteiger partial charge in [0.1, 0.15) is 0 Å². The third kappa shape index (κ3) is 1.89. The van der Waals surface area contributed by atoms with Crippen molar-refractivity contribution in [2.75, 3.05) is 0 Å². The number of carbonyl (C=O) groups is 1. The molecule has 20 heavy (non-hydrogen) atoms. The van der Waals surface area contributed by atoms with Crippen LogP contribution in [0.5, 0.6) is 0 Å². The molecule has 102 valence electrons. The van der Waals surface area contributed by atoms with E-state index in [1.165, 1.54) is 5.56 Å². The average molecular weight is 264 g/mol. The van der Waals surface area contributed by atoms with Crippen molar-refractivity contribution in [1.82, 2.24) is 0 Å². The Kier molecular flexibility index (Phi) is 3.21. The van der Waals surface area contributed by atoms with E-state index in [-0.39, 0.29) is 11.3 Å². The van der Waals surface area contributed by atoms with Crippen molar-refractivity contribution >= 4 is 5.78 Å². The predicted octanol–water partition coefficient (Wildman–Crippen LogP) is 4.48. The maximum absolute atomic E-state index is 12.8. The van der Waals surface area contributed by atoms with Gasteiger partial charge in [0.25, 0.3) is 0 Å². The van der Waals surface area contributed by atoms with Crippen LogP contribution < -0.4 is 0 Å². The second-order valence-electron chi connectivity index (χ2n) is 5.87. The lowest BCUT2D eigenvalue weighted by atomic mass is 9.91. The predicted molar refractivity (Wildman–Crippen MR) is 81.8 cm³/mol. The molecule has 3 rings (SSSR count). The molecular formula is C19H20O. The highest BCUT2D eigenvalue weighted by Gasteiger charge is 2.64. The van der Waals surface area contributed by atoms with Crippen molar-refractivity contribution in [3.8, 4) is 0 Å². The van der Waals surface area contributed by atoms with Gasteiger partial charge in [-0.15, -0.1) is 0 Å². The maximum atomic E-state index is 12.8. The van der Waals surface area contributed by atoms with Crippen LogP contribution in [0.1, 0.15) is 36.2 Å². The molecule has 2 aromatic carbocycles. The molecule has 0 saturated heterocycles. The summed E-state index contributed by atoms with van der Waals surface area (Å²) in [5, 5.41) is 0. The highest BCUT2D eigenvalue weighted by atomic mass is 16.1. The summed E-state index contributed by atoms with van der Waals surface area (Å²) in [6.07, 6.45) is 1.05. The lowest BCUT2D eigenvalue weighted by Gasteiger charge is -2.12.